The Morgan fingerprint density at radius 1 is 1.44 bits per heavy atom. The minimum Gasteiger partial charge on any atom is -0.353 e. The van der Waals surface area contributed by atoms with Gasteiger partial charge in [-0.2, -0.15) is 0 Å². The van der Waals surface area contributed by atoms with Crippen molar-refractivity contribution in [2.45, 2.75) is 39.8 Å². The van der Waals surface area contributed by atoms with Crippen molar-refractivity contribution in [3.8, 4) is 0 Å². The van der Waals surface area contributed by atoms with Crippen molar-refractivity contribution in [3.63, 3.8) is 0 Å². The standard InChI is InChI=1S/C14H22BrN3/c1-9-4-10(2)11(3)18(8-9)14-12(6-16)5-13(15)7-17-14/h5,7,9-11H,4,6,8,16H2,1-3H3. The van der Waals surface area contributed by atoms with E-state index < -0.39 is 0 Å². The fourth-order valence-corrected chi connectivity index (χ4v) is 3.26. The zero-order chi connectivity index (χ0) is 13.3. The third kappa shape index (κ3) is 2.69. The summed E-state index contributed by atoms with van der Waals surface area (Å²) in [5, 5.41) is 0. The molecule has 2 N–H and O–H groups in total. The van der Waals surface area contributed by atoms with Gasteiger partial charge in [-0.1, -0.05) is 13.8 Å². The Bertz CT molecular complexity index is 422. The fourth-order valence-electron chi connectivity index (χ4n) is 2.88. The number of nitrogens with two attached hydrogens (primary N) is 1. The predicted octanol–water partition coefficient (Wildman–Crippen LogP) is 3.17. The molecule has 0 bridgehead atoms. The Morgan fingerprint density at radius 3 is 2.83 bits per heavy atom. The maximum Gasteiger partial charge on any atom is 0.133 e. The van der Waals surface area contributed by atoms with Crippen LogP contribution in [0.15, 0.2) is 16.7 Å². The maximum absolute atomic E-state index is 5.85. The molecule has 100 valence electrons. The first kappa shape index (κ1) is 13.8. The van der Waals surface area contributed by atoms with Crippen molar-refractivity contribution in [2.24, 2.45) is 17.6 Å². The van der Waals surface area contributed by atoms with Crippen molar-refractivity contribution < 1.29 is 0 Å². The Balaban J connectivity index is 2.34. The van der Waals surface area contributed by atoms with E-state index in [2.05, 4.69) is 52.7 Å². The molecular formula is C14H22BrN3. The molecule has 3 atom stereocenters. The van der Waals surface area contributed by atoms with Crippen molar-refractivity contribution in [1.29, 1.82) is 0 Å². The van der Waals surface area contributed by atoms with Gasteiger partial charge in [-0.15, -0.1) is 0 Å². The van der Waals surface area contributed by atoms with Crippen molar-refractivity contribution in [2.75, 3.05) is 11.4 Å². The van der Waals surface area contributed by atoms with Crippen LogP contribution in [0.4, 0.5) is 5.82 Å². The van der Waals surface area contributed by atoms with Gasteiger partial charge in [0.15, 0.2) is 0 Å². The summed E-state index contributed by atoms with van der Waals surface area (Å²) < 4.78 is 0.998. The van der Waals surface area contributed by atoms with E-state index in [0.717, 1.165) is 22.4 Å². The molecule has 18 heavy (non-hydrogen) atoms. The topological polar surface area (TPSA) is 42.2 Å². The average Bonchev–Trinajstić information content (AvgIpc) is 2.34. The summed E-state index contributed by atoms with van der Waals surface area (Å²) in [6.07, 6.45) is 3.16. The summed E-state index contributed by atoms with van der Waals surface area (Å²) in [4.78, 5) is 7.02. The van der Waals surface area contributed by atoms with Gasteiger partial charge in [-0.3, -0.25) is 0 Å². The number of halogens is 1. The number of piperidine rings is 1. The lowest BCUT2D eigenvalue weighted by atomic mass is 9.86. The second-order valence-corrected chi connectivity index (χ2v) is 6.47. The zero-order valence-electron chi connectivity index (χ0n) is 11.4. The lowest BCUT2D eigenvalue weighted by Crippen LogP contribution is -2.46. The summed E-state index contributed by atoms with van der Waals surface area (Å²) in [7, 11) is 0. The number of rotatable bonds is 2. The molecule has 1 aliphatic heterocycles. The van der Waals surface area contributed by atoms with Crippen LogP contribution < -0.4 is 10.6 Å². The van der Waals surface area contributed by atoms with Gasteiger partial charge in [-0.05, 0) is 47.2 Å². The highest BCUT2D eigenvalue weighted by Crippen LogP contribution is 2.32. The van der Waals surface area contributed by atoms with Gasteiger partial charge in [0.1, 0.15) is 5.82 Å². The quantitative estimate of drug-likeness (QED) is 0.912. The first-order valence-corrected chi connectivity index (χ1v) is 7.43. The molecule has 2 heterocycles. The van der Waals surface area contributed by atoms with Crippen LogP contribution in [0.1, 0.15) is 32.8 Å². The lowest BCUT2D eigenvalue weighted by Gasteiger charge is -2.42. The molecule has 1 saturated heterocycles. The first-order valence-electron chi connectivity index (χ1n) is 6.64. The largest absolute Gasteiger partial charge is 0.353 e. The minimum absolute atomic E-state index is 0.528. The molecular weight excluding hydrogens is 290 g/mol. The third-order valence-electron chi connectivity index (χ3n) is 4.00. The lowest BCUT2D eigenvalue weighted by molar-refractivity contribution is 0.295. The predicted molar refractivity (Wildman–Crippen MR) is 79.6 cm³/mol. The van der Waals surface area contributed by atoms with Crippen LogP contribution in [0.25, 0.3) is 0 Å². The van der Waals surface area contributed by atoms with Gasteiger partial charge in [0.2, 0.25) is 0 Å². The summed E-state index contributed by atoms with van der Waals surface area (Å²) in [5.74, 6) is 2.48. The van der Waals surface area contributed by atoms with E-state index in [4.69, 9.17) is 5.73 Å². The highest BCUT2D eigenvalue weighted by Gasteiger charge is 2.30. The second-order valence-electron chi connectivity index (χ2n) is 5.55. The Hall–Kier alpha value is -0.610. The fraction of sp³-hybridized carbons (Fsp3) is 0.643. The van der Waals surface area contributed by atoms with E-state index in [1.54, 1.807) is 0 Å². The van der Waals surface area contributed by atoms with Crippen molar-refractivity contribution in [3.05, 3.63) is 22.3 Å². The molecule has 0 amide bonds. The Kier molecular flexibility index (Phi) is 4.28. The number of aromatic nitrogens is 1. The van der Waals surface area contributed by atoms with Gasteiger partial charge in [-0.25, -0.2) is 4.98 Å². The van der Waals surface area contributed by atoms with Gasteiger partial charge in [0.05, 0.1) is 0 Å². The number of anilines is 1. The summed E-state index contributed by atoms with van der Waals surface area (Å²) in [6, 6.07) is 2.61. The van der Waals surface area contributed by atoms with Crippen molar-refractivity contribution in [1.82, 2.24) is 4.98 Å². The van der Waals surface area contributed by atoms with E-state index in [1.165, 1.54) is 6.42 Å². The normalized spacial score (nSPS) is 28.5. The molecule has 2 rings (SSSR count). The molecule has 0 aliphatic carbocycles. The minimum atomic E-state index is 0.528. The monoisotopic (exact) mass is 311 g/mol. The average molecular weight is 312 g/mol. The summed E-state index contributed by atoms with van der Waals surface area (Å²) in [6.45, 7) is 8.55. The highest BCUT2D eigenvalue weighted by atomic mass is 79.9. The zero-order valence-corrected chi connectivity index (χ0v) is 12.9. The SMILES string of the molecule is CC1CC(C)C(C)N(c2ncc(Br)cc2CN)C1. The number of hydrogen-bond donors (Lipinski definition) is 1. The van der Waals surface area contributed by atoms with Crippen molar-refractivity contribution >= 4 is 21.7 Å². The highest BCUT2D eigenvalue weighted by molar-refractivity contribution is 9.10. The van der Waals surface area contributed by atoms with E-state index in [1.807, 2.05) is 6.20 Å². The van der Waals surface area contributed by atoms with E-state index >= 15 is 0 Å². The van der Waals surface area contributed by atoms with Gasteiger partial charge < -0.3 is 10.6 Å². The Labute approximate surface area is 118 Å². The summed E-state index contributed by atoms with van der Waals surface area (Å²) >= 11 is 3.46. The Morgan fingerprint density at radius 2 is 2.17 bits per heavy atom. The second kappa shape index (κ2) is 5.57. The van der Waals surface area contributed by atoms with Crippen LogP contribution in [-0.4, -0.2) is 17.6 Å². The molecule has 0 saturated carbocycles. The van der Waals surface area contributed by atoms with Gasteiger partial charge in [0.25, 0.3) is 0 Å². The molecule has 1 fully saturated rings. The van der Waals surface area contributed by atoms with Crippen LogP contribution in [-0.2, 0) is 6.54 Å². The molecule has 0 spiro atoms. The van der Waals surface area contributed by atoms with Crippen LogP contribution >= 0.6 is 15.9 Å². The molecule has 4 heteroatoms. The number of nitrogens with zero attached hydrogens (tertiary/aromatic N) is 2. The molecule has 1 aromatic heterocycles. The van der Waals surface area contributed by atoms with E-state index in [9.17, 15) is 0 Å². The van der Waals surface area contributed by atoms with Crippen LogP contribution in [0, 0.1) is 11.8 Å². The molecule has 1 aliphatic rings. The first-order chi connectivity index (χ1) is 8.52. The van der Waals surface area contributed by atoms with Crippen LogP contribution in [0.5, 0.6) is 0 Å². The molecule has 3 nitrogen and oxygen atoms in total. The van der Waals surface area contributed by atoms with Crippen LogP contribution in [0.3, 0.4) is 0 Å². The maximum atomic E-state index is 5.85. The van der Waals surface area contributed by atoms with E-state index in [0.29, 0.717) is 24.4 Å². The number of hydrogen-bond acceptors (Lipinski definition) is 3. The smallest absolute Gasteiger partial charge is 0.133 e. The third-order valence-corrected chi connectivity index (χ3v) is 4.43. The van der Waals surface area contributed by atoms with Crippen LogP contribution in [0.2, 0.25) is 0 Å². The van der Waals surface area contributed by atoms with Gasteiger partial charge >= 0.3 is 0 Å². The molecule has 0 radical (unpaired) electrons. The molecule has 1 aromatic rings. The molecule has 3 unspecified atom stereocenters. The van der Waals surface area contributed by atoms with E-state index in [-0.39, 0.29) is 0 Å². The van der Waals surface area contributed by atoms with Gasteiger partial charge in [0, 0.05) is 35.4 Å². The number of pyridine rings is 1. The molecule has 0 aromatic carbocycles. The summed E-state index contributed by atoms with van der Waals surface area (Å²) in [5.41, 5.74) is 6.98.